The molecular formula is C57H89N8O9+. The molecule has 4 fully saturated rings. The van der Waals surface area contributed by atoms with Gasteiger partial charge >= 0.3 is 5.97 Å². The summed E-state index contributed by atoms with van der Waals surface area (Å²) in [6, 6.07) is -2.20. The van der Waals surface area contributed by atoms with Gasteiger partial charge in [0.05, 0.1) is 0 Å². The maximum Gasteiger partial charge on any atom is 0.325 e. The molecule has 1 aromatic heterocycles. The Morgan fingerprint density at radius 3 is 2.19 bits per heavy atom. The molecule has 410 valence electrons. The highest BCUT2D eigenvalue weighted by molar-refractivity contribution is 5.99. The van der Waals surface area contributed by atoms with Crippen molar-refractivity contribution < 1.29 is 47.7 Å². The fourth-order valence-corrected chi connectivity index (χ4v) is 13.8. The minimum absolute atomic E-state index is 0.0786. The van der Waals surface area contributed by atoms with Gasteiger partial charge in [0.25, 0.3) is 5.91 Å². The lowest BCUT2D eigenvalue weighted by Crippen LogP contribution is -2.59. The van der Waals surface area contributed by atoms with Crippen molar-refractivity contribution in [3.63, 3.8) is 0 Å². The number of rotatable bonds is 22. The number of nitrogens with zero attached hydrogens (tertiary/aromatic N) is 2. The molecule has 13 atom stereocenters. The molecule has 2 heterocycles. The summed E-state index contributed by atoms with van der Waals surface area (Å²) >= 11 is 0. The van der Waals surface area contributed by atoms with Crippen molar-refractivity contribution in [2.45, 2.75) is 195 Å². The number of carbonyl (C=O) groups is 8. The molecule has 4 aliphatic carbocycles. The van der Waals surface area contributed by atoms with Gasteiger partial charge in [0.2, 0.25) is 35.4 Å². The van der Waals surface area contributed by atoms with Crippen LogP contribution in [0, 0.1) is 52.3 Å². The Labute approximate surface area is 439 Å². The van der Waals surface area contributed by atoms with Gasteiger partial charge in [0, 0.05) is 25.5 Å². The van der Waals surface area contributed by atoms with Crippen LogP contribution in [0.4, 0.5) is 0 Å². The van der Waals surface area contributed by atoms with E-state index in [1.807, 2.05) is 13.8 Å². The van der Waals surface area contributed by atoms with E-state index in [-0.39, 0.29) is 49.8 Å². The van der Waals surface area contributed by atoms with Crippen LogP contribution in [0.1, 0.15) is 169 Å². The third-order valence-corrected chi connectivity index (χ3v) is 17.9. The monoisotopic (exact) mass is 1030 g/mol. The van der Waals surface area contributed by atoms with E-state index < -0.39 is 77.5 Å². The normalized spacial score (nSPS) is 28.2. The molecule has 17 nitrogen and oxygen atoms in total. The molecule has 7 N–H and O–H groups in total. The number of carbonyl (C=O) groups excluding carboxylic acids is 8. The quantitative estimate of drug-likeness (QED) is 0.0515. The average Bonchev–Trinajstić information content (AvgIpc) is 3.98. The zero-order chi connectivity index (χ0) is 54.2. The SMILES string of the molecule is CC(C)CC[C@@H](C)[C@H]1CC[C@H]2[C@@H]3CC=C4C[C@H](OC(=O)CNC(=O)[C@@H]5CCCN5C(=O)[C@H](CC(C)C)NC(=O)[C@H](CCC(N)=O)NC(=O)[C@H](C)NC(=O)[C@H](C)NC(=O)c5ccc[n+](C)c5)CC[C@]4(C)[C@H]3CC[C@]12C. The molecule has 17 heteroatoms. The molecule has 1 aromatic rings. The van der Waals surface area contributed by atoms with Gasteiger partial charge in [-0.3, -0.25) is 38.4 Å². The number of likely N-dealkylation sites (tertiary alicyclic amines) is 1. The van der Waals surface area contributed by atoms with Crippen molar-refractivity contribution in [2.24, 2.45) is 65.0 Å². The molecule has 0 radical (unpaired) electrons. The molecule has 0 aromatic carbocycles. The van der Waals surface area contributed by atoms with Crippen LogP contribution in [-0.2, 0) is 45.3 Å². The standard InChI is InChI=1S/C57H88N8O9/c1-33(2)15-16-35(5)42-19-20-43-41-18-17-39-30-40(23-25-56(39,8)44(41)24-26-57(42,43)9)74-49(67)31-59-54(72)47-14-12-28-65(47)55(73)46(29-34(3)4)63-53(71)45(21-22-48(58)66)62-51(69)37(7)60-50(68)36(6)61-52(70)38-13-11-27-64(10)32-38/h11,13,17,27,32-37,40-47H,12,14-16,18-26,28-31H2,1-10H3,(H6-,58,59,60,61,62,63,66,68,69,70,71,72)/p+1/t35-,36+,37+,40-,41+,42-,43+,44+,45+,46+,47+,56+,57-/m1/s1. The van der Waals surface area contributed by atoms with Crippen LogP contribution in [0.5, 0.6) is 0 Å². The summed E-state index contributed by atoms with van der Waals surface area (Å²) in [6.45, 7) is 18.8. The number of nitrogens with one attached hydrogen (secondary N) is 5. The molecule has 7 amide bonds. The lowest BCUT2D eigenvalue weighted by Gasteiger charge is -2.58. The number of nitrogens with two attached hydrogens (primary N) is 1. The van der Waals surface area contributed by atoms with E-state index in [9.17, 15) is 38.4 Å². The number of primary amides is 1. The zero-order valence-electron chi connectivity index (χ0n) is 46.1. The van der Waals surface area contributed by atoms with Gasteiger partial charge in [-0.1, -0.05) is 73.0 Å². The number of esters is 1. The van der Waals surface area contributed by atoms with E-state index in [4.69, 9.17) is 10.5 Å². The fraction of sp³-hybridized carbons (Fsp3) is 0.737. The molecule has 0 unspecified atom stereocenters. The number of amides is 7. The molecule has 74 heavy (non-hydrogen) atoms. The third-order valence-electron chi connectivity index (χ3n) is 17.9. The van der Waals surface area contributed by atoms with Crippen LogP contribution in [0.25, 0.3) is 0 Å². The highest BCUT2D eigenvalue weighted by Gasteiger charge is 2.59. The summed E-state index contributed by atoms with van der Waals surface area (Å²) in [7, 11) is 1.76. The van der Waals surface area contributed by atoms with Crippen LogP contribution in [0.3, 0.4) is 0 Å². The van der Waals surface area contributed by atoms with Crippen molar-refractivity contribution >= 4 is 47.3 Å². The van der Waals surface area contributed by atoms with Crippen molar-refractivity contribution in [3.05, 3.63) is 41.7 Å². The van der Waals surface area contributed by atoms with Gasteiger partial charge < -0.3 is 42.0 Å². The number of ether oxygens (including phenoxy) is 1. The first-order chi connectivity index (χ1) is 34.9. The maximum absolute atomic E-state index is 14.3. The third kappa shape index (κ3) is 13.9. The molecule has 6 rings (SSSR count). The number of allylic oxidation sites excluding steroid dienone is 1. The molecule has 1 aliphatic heterocycles. The van der Waals surface area contributed by atoms with Gasteiger partial charge in [-0.15, -0.1) is 0 Å². The summed E-state index contributed by atoms with van der Waals surface area (Å²) in [5.41, 5.74) is 7.71. The van der Waals surface area contributed by atoms with E-state index >= 15 is 0 Å². The van der Waals surface area contributed by atoms with E-state index in [1.165, 1.54) is 62.8 Å². The Bertz CT molecular complexity index is 2270. The van der Waals surface area contributed by atoms with Crippen LogP contribution in [-0.4, -0.2) is 102 Å². The molecule has 0 spiro atoms. The number of pyridine rings is 1. The van der Waals surface area contributed by atoms with Crippen molar-refractivity contribution in [2.75, 3.05) is 13.1 Å². The van der Waals surface area contributed by atoms with E-state index in [1.54, 1.807) is 36.1 Å². The van der Waals surface area contributed by atoms with E-state index in [0.29, 0.717) is 42.1 Å². The number of aryl methyl sites for hydroxylation is 1. The smallest absolute Gasteiger partial charge is 0.325 e. The Hall–Kier alpha value is -5.35. The predicted octanol–water partition coefficient (Wildman–Crippen LogP) is 5.09. The number of aromatic nitrogens is 1. The lowest BCUT2D eigenvalue weighted by molar-refractivity contribution is -0.671. The Balaban J connectivity index is 1.00. The Morgan fingerprint density at radius 1 is 0.797 bits per heavy atom. The van der Waals surface area contributed by atoms with Gasteiger partial charge in [0.1, 0.15) is 55.5 Å². The fourth-order valence-electron chi connectivity index (χ4n) is 13.8. The van der Waals surface area contributed by atoms with Gasteiger partial charge in [-0.25, -0.2) is 4.57 Å². The average molecular weight is 1030 g/mol. The van der Waals surface area contributed by atoms with Gasteiger partial charge in [-0.2, -0.15) is 0 Å². The first-order valence-corrected chi connectivity index (χ1v) is 27.8. The van der Waals surface area contributed by atoms with Crippen LogP contribution < -0.4 is 36.9 Å². The minimum atomic E-state index is -1.32. The van der Waals surface area contributed by atoms with E-state index in [0.717, 1.165) is 42.9 Å². The number of fused-ring (bicyclic) bond motifs is 5. The highest BCUT2D eigenvalue weighted by atomic mass is 16.5. The molecule has 5 aliphatic rings. The molecule has 1 saturated heterocycles. The second-order valence-corrected chi connectivity index (χ2v) is 24.1. The van der Waals surface area contributed by atoms with E-state index in [2.05, 4.69) is 67.3 Å². The molecule has 0 bridgehead atoms. The summed E-state index contributed by atoms with van der Waals surface area (Å²) in [5.74, 6) is -0.515. The van der Waals surface area contributed by atoms with Crippen molar-refractivity contribution in [3.8, 4) is 0 Å². The summed E-state index contributed by atoms with van der Waals surface area (Å²) in [4.78, 5) is 108. The molecule has 3 saturated carbocycles. The van der Waals surface area contributed by atoms with Gasteiger partial charge in [-0.05, 0) is 143 Å². The van der Waals surface area contributed by atoms with Crippen LogP contribution in [0.2, 0.25) is 0 Å². The second-order valence-electron chi connectivity index (χ2n) is 24.1. The largest absolute Gasteiger partial charge is 0.461 e. The van der Waals surface area contributed by atoms with Crippen LogP contribution >= 0.6 is 0 Å². The van der Waals surface area contributed by atoms with Crippen molar-refractivity contribution in [1.82, 2.24) is 31.5 Å². The van der Waals surface area contributed by atoms with Crippen LogP contribution in [0.15, 0.2) is 36.2 Å². The maximum atomic E-state index is 14.3. The van der Waals surface area contributed by atoms with Gasteiger partial charge in [0.15, 0.2) is 12.4 Å². The summed E-state index contributed by atoms with van der Waals surface area (Å²) in [6.07, 6.45) is 17.7. The summed E-state index contributed by atoms with van der Waals surface area (Å²) in [5, 5.41) is 13.2. The first-order valence-electron chi connectivity index (χ1n) is 27.8. The highest BCUT2D eigenvalue weighted by Crippen LogP contribution is 2.67. The number of hydrogen-bond acceptors (Lipinski definition) is 9. The minimum Gasteiger partial charge on any atom is -0.461 e. The Kier molecular flexibility index (Phi) is 19.6. The first kappa shape index (κ1) is 57.9. The Morgan fingerprint density at radius 2 is 1.50 bits per heavy atom. The second kappa shape index (κ2) is 25.0. The summed E-state index contributed by atoms with van der Waals surface area (Å²) < 4.78 is 7.73. The topological polar surface area (TPSA) is 239 Å². The molecular weight excluding hydrogens is 941 g/mol. The number of hydrogen-bond donors (Lipinski definition) is 6. The predicted molar refractivity (Wildman–Crippen MR) is 280 cm³/mol. The zero-order valence-corrected chi connectivity index (χ0v) is 46.1. The van der Waals surface area contributed by atoms with Crippen molar-refractivity contribution in [1.29, 1.82) is 0 Å². The lowest BCUT2D eigenvalue weighted by atomic mass is 9.47.